The van der Waals surface area contributed by atoms with Crippen LogP contribution in [-0.4, -0.2) is 37.7 Å². The summed E-state index contributed by atoms with van der Waals surface area (Å²) in [7, 11) is 0. The molecule has 3 nitrogen and oxygen atoms in total. The first kappa shape index (κ1) is 18.6. The lowest BCUT2D eigenvalue weighted by atomic mass is 10.1. The minimum Gasteiger partial charge on any atom is -0.492 e. The highest BCUT2D eigenvalue weighted by atomic mass is 19.4. The molecule has 140 valence electrons. The quantitative estimate of drug-likeness (QED) is 0.781. The van der Waals surface area contributed by atoms with Crippen molar-refractivity contribution in [1.29, 1.82) is 0 Å². The molecule has 1 saturated heterocycles. The van der Waals surface area contributed by atoms with Gasteiger partial charge in [-0.1, -0.05) is 30.3 Å². The third kappa shape index (κ3) is 4.30. The van der Waals surface area contributed by atoms with Crippen LogP contribution >= 0.6 is 0 Å². The Morgan fingerprint density at radius 2 is 1.58 bits per heavy atom. The molecular weight excluding hydrogens is 341 g/mol. The van der Waals surface area contributed by atoms with Gasteiger partial charge in [-0.25, -0.2) is 0 Å². The van der Waals surface area contributed by atoms with E-state index < -0.39 is 11.7 Å². The number of hydrogen-bond donors (Lipinski definition) is 0. The Hall–Kier alpha value is -2.21. The molecule has 0 bridgehead atoms. The zero-order valence-electron chi connectivity index (χ0n) is 14.8. The summed E-state index contributed by atoms with van der Waals surface area (Å²) in [6.07, 6.45) is -4.31. The summed E-state index contributed by atoms with van der Waals surface area (Å²) in [5.41, 5.74) is 0.844. The summed E-state index contributed by atoms with van der Waals surface area (Å²) in [5.74, 6) is 0.853. The molecule has 0 saturated carbocycles. The highest BCUT2D eigenvalue weighted by Gasteiger charge is 2.33. The van der Waals surface area contributed by atoms with E-state index in [9.17, 15) is 13.2 Å². The molecule has 1 aliphatic heterocycles. The Labute approximate surface area is 152 Å². The molecule has 1 aliphatic rings. The largest absolute Gasteiger partial charge is 0.492 e. The van der Waals surface area contributed by atoms with Crippen molar-refractivity contribution in [3.05, 3.63) is 59.7 Å². The molecule has 26 heavy (non-hydrogen) atoms. The average Bonchev–Trinajstić information content (AvgIpc) is 2.63. The molecule has 0 unspecified atom stereocenters. The summed E-state index contributed by atoms with van der Waals surface area (Å²) in [4.78, 5) is 4.31. The maximum atomic E-state index is 13.2. The summed E-state index contributed by atoms with van der Waals surface area (Å²) in [6, 6.07) is 13.7. The van der Waals surface area contributed by atoms with Gasteiger partial charge in [-0.3, -0.25) is 4.90 Å². The second-order valence-electron chi connectivity index (χ2n) is 6.32. The predicted molar refractivity (Wildman–Crippen MR) is 96.5 cm³/mol. The van der Waals surface area contributed by atoms with Crippen molar-refractivity contribution >= 4 is 5.69 Å². The van der Waals surface area contributed by atoms with Gasteiger partial charge < -0.3 is 9.64 Å². The van der Waals surface area contributed by atoms with Gasteiger partial charge in [0.15, 0.2) is 0 Å². The summed E-state index contributed by atoms with van der Waals surface area (Å²) in [5, 5.41) is 0. The van der Waals surface area contributed by atoms with Gasteiger partial charge in [0.1, 0.15) is 5.75 Å². The number of para-hydroxylation sites is 2. The third-order valence-electron chi connectivity index (χ3n) is 4.59. The molecule has 0 amide bonds. The molecular formula is C20H23F3N2O. The maximum Gasteiger partial charge on any atom is 0.416 e. The van der Waals surface area contributed by atoms with Crippen LogP contribution in [0.2, 0.25) is 0 Å². The van der Waals surface area contributed by atoms with E-state index in [0.717, 1.165) is 30.6 Å². The fourth-order valence-electron chi connectivity index (χ4n) is 3.32. The van der Waals surface area contributed by atoms with E-state index in [1.165, 1.54) is 6.07 Å². The fraction of sp³-hybridized carbons (Fsp3) is 0.400. The Morgan fingerprint density at radius 1 is 0.923 bits per heavy atom. The summed E-state index contributed by atoms with van der Waals surface area (Å²) in [6.45, 7) is 5.82. The van der Waals surface area contributed by atoms with Crippen molar-refractivity contribution in [1.82, 2.24) is 4.90 Å². The molecule has 0 radical (unpaired) electrons. The van der Waals surface area contributed by atoms with Gasteiger partial charge in [-0.05, 0) is 30.7 Å². The van der Waals surface area contributed by atoms with Crippen LogP contribution in [0.3, 0.4) is 0 Å². The van der Waals surface area contributed by atoms with E-state index >= 15 is 0 Å². The average molecular weight is 364 g/mol. The zero-order valence-corrected chi connectivity index (χ0v) is 14.8. The maximum absolute atomic E-state index is 13.2. The first-order valence-corrected chi connectivity index (χ1v) is 8.83. The van der Waals surface area contributed by atoms with Crippen LogP contribution in [0.4, 0.5) is 18.9 Å². The van der Waals surface area contributed by atoms with Gasteiger partial charge in [-0.2, -0.15) is 13.2 Å². The van der Waals surface area contributed by atoms with Crippen molar-refractivity contribution in [2.75, 3.05) is 37.7 Å². The lowest BCUT2D eigenvalue weighted by Gasteiger charge is -2.37. The SMILES string of the molecule is CCOc1ccccc1N1CCN(Cc2ccccc2C(F)(F)F)CC1. The number of piperazine rings is 1. The van der Waals surface area contributed by atoms with Crippen LogP contribution < -0.4 is 9.64 Å². The van der Waals surface area contributed by atoms with E-state index in [1.54, 1.807) is 12.1 Å². The first-order valence-electron chi connectivity index (χ1n) is 8.83. The van der Waals surface area contributed by atoms with E-state index in [1.807, 2.05) is 31.2 Å². The van der Waals surface area contributed by atoms with Crippen LogP contribution in [0.25, 0.3) is 0 Å². The van der Waals surface area contributed by atoms with E-state index in [-0.39, 0.29) is 0 Å². The number of halogens is 3. The molecule has 2 aromatic carbocycles. The second kappa shape index (κ2) is 7.99. The van der Waals surface area contributed by atoms with E-state index in [4.69, 9.17) is 4.74 Å². The fourth-order valence-corrected chi connectivity index (χ4v) is 3.32. The van der Waals surface area contributed by atoms with Crippen LogP contribution in [0.1, 0.15) is 18.1 Å². The molecule has 6 heteroatoms. The normalized spacial score (nSPS) is 15.9. The number of rotatable bonds is 5. The molecule has 0 aliphatic carbocycles. The molecule has 0 spiro atoms. The van der Waals surface area contributed by atoms with Gasteiger partial charge in [0, 0.05) is 32.7 Å². The van der Waals surface area contributed by atoms with Crippen molar-refractivity contribution < 1.29 is 17.9 Å². The minimum absolute atomic E-state index is 0.316. The molecule has 0 atom stereocenters. The van der Waals surface area contributed by atoms with Gasteiger partial charge in [0.25, 0.3) is 0 Å². The lowest BCUT2D eigenvalue weighted by molar-refractivity contribution is -0.138. The Bertz CT molecular complexity index is 725. The second-order valence-corrected chi connectivity index (χ2v) is 6.32. The van der Waals surface area contributed by atoms with Gasteiger partial charge in [-0.15, -0.1) is 0 Å². The molecule has 2 aromatic rings. The highest BCUT2D eigenvalue weighted by Crippen LogP contribution is 2.33. The molecule has 1 fully saturated rings. The molecule has 0 aromatic heterocycles. The number of nitrogens with zero attached hydrogens (tertiary/aromatic N) is 2. The third-order valence-corrected chi connectivity index (χ3v) is 4.59. The Balaban J connectivity index is 1.65. The summed E-state index contributed by atoms with van der Waals surface area (Å²) >= 11 is 0. The molecule has 3 rings (SSSR count). The van der Waals surface area contributed by atoms with Crippen molar-refractivity contribution in [2.24, 2.45) is 0 Å². The Morgan fingerprint density at radius 3 is 2.27 bits per heavy atom. The van der Waals surface area contributed by atoms with E-state index in [0.29, 0.717) is 31.8 Å². The Kier molecular flexibility index (Phi) is 5.71. The van der Waals surface area contributed by atoms with Crippen LogP contribution in [0, 0.1) is 0 Å². The summed E-state index contributed by atoms with van der Waals surface area (Å²) < 4.78 is 45.2. The van der Waals surface area contributed by atoms with Gasteiger partial charge in [0.2, 0.25) is 0 Å². The predicted octanol–water partition coefficient (Wildman–Crippen LogP) is 4.43. The van der Waals surface area contributed by atoms with Gasteiger partial charge >= 0.3 is 6.18 Å². The minimum atomic E-state index is -4.31. The highest BCUT2D eigenvalue weighted by molar-refractivity contribution is 5.58. The number of alkyl halides is 3. The van der Waals surface area contributed by atoms with Crippen molar-refractivity contribution in [3.63, 3.8) is 0 Å². The van der Waals surface area contributed by atoms with Crippen molar-refractivity contribution in [3.8, 4) is 5.75 Å². The van der Waals surface area contributed by atoms with Crippen molar-refractivity contribution in [2.45, 2.75) is 19.6 Å². The number of anilines is 1. The number of ether oxygens (including phenoxy) is 1. The van der Waals surface area contributed by atoms with E-state index in [2.05, 4.69) is 9.80 Å². The smallest absolute Gasteiger partial charge is 0.416 e. The molecule has 0 N–H and O–H groups in total. The monoisotopic (exact) mass is 364 g/mol. The van der Waals surface area contributed by atoms with Crippen LogP contribution in [0.5, 0.6) is 5.75 Å². The van der Waals surface area contributed by atoms with Crippen LogP contribution in [0.15, 0.2) is 48.5 Å². The topological polar surface area (TPSA) is 15.7 Å². The number of benzene rings is 2. The number of hydrogen-bond acceptors (Lipinski definition) is 3. The zero-order chi connectivity index (χ0) is 18.6. The van der Waals surface area contributed by atoms with Gasteiger partial charge in [0.05, 0.1) is 17.9 Å². The molecule has 1 heterocycles. The van der Waals surface area contributed by atoms with Crippen LogP contribution in [-0.2, 0) is 12.7 Å². The first-order chi connectivity index (χ1) is 12.5. The standard InChI is InChI=1S/C20H23F3N2O/c1-2-26-19-10-6-5-9-18(19)25-13-11-24(12-14-25)15-16-7-3-4-8-17(16)20(21,22)23/h3-10H,2,11-15H2,1H3. The lowest BCUT2D eigenvalue weighted by Crippen LogP contribution is -2.46.